The second-order valence-electron chi connectivity index (χ2n) is 5.56. The molecule has 1 amide bonds. The molecule has 0 atom stereocenters. The van der Waals surface area contributed by atoms with Crippen molar-refractivity contribution in [2.75, 3.05) is 18.4 Å². The second-order valence-corrected chi connectivity index (χ2v) is 5.56. The molecule has 1 aromatic carbocycles. The summed E-state index contributed by atoms with van der Waals surface area (Å²) in [5.41, 5.74) is 1.53. The van der Waals surface area contributed by atoms with E-state index in [0.29, 0.717) is 24.8 Å². The molecule has 0 radical (unpaired) electrons. The number of nitrogens with one attached hydrogen (secondary N) is 1. The molecule has 1 saturated heterocycles. The van der Waals surface area contributed by atoms with Crippen LogP contribution >= 0.6 is 0 Å². The van der Waals surface area contributed by atoms with Crippen molar-refractivity contribution < 1.29 is 9.18 Å². The third-order valence-corrected chi connectivity index (χ3v) is 4.04. The molecule has 0 unspecified atom stereocenters. The van der Waals surface area contributed by atoms with Crippen LogP contribution < -0.4 is 5.32 Å². The van der Waals surface area contributed by atoms with E-state index in [9.17, 15) is 9.18 Å². The van der Waals surface area contributed by atoms with E-state index >= 15 is 0 Å². The SMILES string of the molecule is Cn1nccc1C(=O)N1CCC(Nc2ccc(F)cc2)CC1. The van der Waals surface area contributed by atoms with Crippen LogP contribution in [0.15, 0.2) is 36.5 Å². The summed E-state index contributed by atoms with van der Waals surface area (Å²) in [7, 11) is 1.77. The van der Waals surface area contributed by atoms with Crippen molar-refractivity contribution in [3.63, 3.8) is 0 Å². The number of amides is 1. The molecule has 22 heavy (non-hydrogen) atoms. The largest absolute Gasteiger partial charge is 0.382 e. The number of hydrogen-bond acceptors (Lipinski definition) is 3. The monoisotopic (exact) mass is 302 g/mol. The minimum Gasteiger partial charge on any atom is -0.382 e. The number of halogens is 1. The Hall–Kier alpha value is -2.37. The number of piperidine rings is 1. The van der Waals surface area contributed by atoms with E-state index in [0.717, 1.165) is 18.5 Å². The molecule has 6 heteroatoms. The summed E-state index contributed by atoms with van der Waals surface area (Å²) in [6.07, 6.45) is 3.39. The molecule has 116 valence electrons. The number of nitrogens with zero attached hydrogens (tertiary/aromatic N) is 3. The number of hydrogen-bond donors (Lipinski definition) is 1. The first kappa shape index (κ1) is 14.6. The average molecular weight is 302 g/mol. The van der Waals surface area contributed by atoms with Gasteiger partial charge in [0.2, 0.25) is 0 Å². The van der Waals surface area contributed by atoms with Crippen LogP contribution in [0.3, 0.4) is 0 Å². The van der Waals surface area contributed by atoms with Crippen LogP contribution in [-0.2, 0) is 7.05 Å². The summed E-state index contributed by atoms with van der Waals surface area (Å²) in [4.78, 5) is 14.2. The standard InChI is InChI=1S/C16H19FN4O/c1-20-15(6-9-18-20)16(22)21-10-7-14(8-11-21)19-13-4-2-12(17)3-5-13/h2-6,9,14,19H,7-8,10-11H2,1H3. The number of rotatable bonds is 3. The van der Waals surface area contributed by atoms with Gasteiger partial charge in [-0.2, -0.15) is 5.10 Å². The number of aryl methyl sites for hydroxylation is 1. The van der Waals surface area contributed by atoms with Gasteiger partial charge < -0.3 is 10.2 Å². The maximum atomic E-state index is 12.9. The van der Waals surface area contributed by atoms with E-state index in [4.69, 9.17) is 0 Å². The smallest absolute Gasteiger partial charge is 0.272 e. The Morgan fingerprint density at radius 2 is 1.91 bits per heavy atom. The van der Waals surface area contributed by atoms with E-state index in [1.54, 1.807) is 36.1 Å². The molecule has 2 heterocycles. The lowest BCUT2D eigenvalue weighted by Gasteiger charge is -2.32. The van der Waals surface area contributed by atoms with Gasteiger partial charge in [0.25, 0.3) is 5.91 Å². The molecular weight excluding hydrogens is 283 g/mol. The number of aromatic nitrogens is 2. The highest BCUT2D eigenvalue weighted by molar-refractivity contribution is 5.92. The third kappa shape index (κ3) is 3.10. The molecule has 0 bridgehead atoms. The third-order valence-electron chi connectivity index (χ3n) is 4.04. The zero-order chi connectivity index (χ0) is 15.5. The van der Waals surface area contributed by atoms with E-state index in [1.165, 1.54) is 12.1 Å². The minimum absolute atomic E-state index is 0.0280. The van der Waals surface area contributed by atoms with Crippen molar-refractivity contribution in [2.24, 2.45) is 7.05 Å². The molecule has 3 rings (SSSR count). The topological polar surface area (TPSA) is 50.2 Å². The van der Waals surface area contributed by atoms with Crippen LogP contribution in [0.25, 0.3) is 0 Å². The van der Waals surface area contributed by atoms with Crippen molar-refractivity contribution >= 4 is 11.6 Å². The maximum absolute atomic E-state index is 12.9. The van der Waals surface area contributed by atoms with Crippen molar-refractivity contribution in [3.8, 4) is 0 Å². The van der Waals surface area contributed by atoms with Crippen molar-refractivity contribution in [1.82, 2.24) is 14.7 Å². The highest BCUT2D eigenvalue weighted by Gasteiger charge is 2.24. The maximum Gasteiger partial charge on any atom is 0.272 e. The van der Waals surface area contributed by atoms with Crippen molar-refractivity contribution in [1.29, 1.82) is 0 Å². The van der Waals surface area contributed by atoms with Gasteiger partial charge in [-0.1, -0.05) is 0 Å². The van der Waals surface area contributed by atoms with Crippen molar-refractivity contribution in [3.05, 3.63) is 48.0 Å². The molecule has 1 N–H and O–H groups in total. The fraction of sp³-hybridized carbons (Fsp3) is 0.375. The van der Waals surface area contributed by atoms with Gasteiger partial charge >= 0.3 is 0 Å². The van der Waals surface area contributed by atoms with Crippen LogP contribution in [0.2, 0.25) is 0 Å². The zero-order valence-corrected chi connectivity index (χ0v) is 12.5. The van der Waals surface area contributed by atoms with Gasteiger partial charge in [-0.3, -0.25) is 9.48 Å². The summed E-state index contributed by atoms with van der Waals surface area (Å²) in [5.74, 6) is -0.206. The molecule has 0 spiro atoms. The van der Waals surface area contributed by atoms with Crippen LogP contribution in [0.4, 0.5) is 10.1 Å². The van der Waals surface area contributed by atoms with Crippen molar-refractivity contribution in [2.45, 2.75) is 18.9 Å². The van der Waals surface area contributed by atoms with Gasteiger partial charge in [-0.25, -0.2) is 4.39 Å². The Morgan fingerprint density at radius 1 is 1.23 bits per heavy atom. The molecule has 1 aliphatic rings. The summed E-state index contributed by atoms with van der Waals surface area (Å²) < 4.78 is 14.5. The van der Waals surface area contributed by atoms with Crippen LogP contribution in [0, 0.1) is 5.82 Å². The molecule has 1 aromatic heterocycles. The number of likely N-dealkylation sites (tertiary alicyclic amines) is 1. The molecule has 2 aromatic rings. The zero-order valence-electron chi connectivity index (χ0n) is 12.5. The first-order valence-electron chi connectivity index (χ1n) is 7.43. The highest BCUT2D eigenvalue weighted by Crippen LogP contribution is 2.18. The normalized spacial score (nSPS) is 15.8. The lowest BCUT2D eigenvalue weighted by atomic mass is 10.0. The number of carbonyl (C=O) groups excluding carboxylic acids is 1. The molecule has 1 aliphatic heterocycles. The predicted octanol–water partition coefficient (Wildman–Crippen LogP) is 2.28. The Kier molecular flexibility index (Phi) is 4.09. The van der Waals surface area contributed by atoms with Gasteiger partial charge in [0.15, 0.2) is 0 Å². The van der Waals surface area contributed by atoms with Gasteiger partial charge in [0.1, 0.15) is 11.5 Å². The Morgan fingerprint density at radius 3 is 2.50 bits per heavy atom. The minimum atomic E-state index is -0.234. The molecular formula is C16H19FN4O. The van der Waals surface area contributed by atoms with Gasteiger partial charge in [-0.15, -0.1) is 0 Å². The average Bonchev–Trinajstić information content (AvgIpc) is 2.96. The van der Waals surface area contributed by atoms with Crippen LogP contribution in [0.5, 0.6) is 0 Å². The lowest BCUT2D eigenvalue weighted by Crippen LogP contribution is -2.42. The van der Waals surface area contributed by atoms with E-state index in [-0.39, 0.29) is 11.7 Å². The fourth-order valence-electron chi connectivity index (χ4n) is 2.75. The van der Waals surface area contributed by atoms with Crippen LogP contribution in [-0.4, -0.2) is 39.7 Å². The summed E-state index contributed by atoms with van der Waals surface area (Å²) in [5, 5.41) is 7.43. The Labute approximate surface area is 128 Å². The van der Waals surface area contributed by atoms with Gasteiger partial charge in [-0.05, 0) is 43.2 Å². The predicted molar refractivity (Wildman–Crippen MR) is 82.2 cm³/mol. The first-order chi connectivity index (χ1) is 10.6. The second kappa shape index (κ2) is 6.17. The summed E-state index contributed by atoms with van der Waals surface area (Å²) in [6.45, 7) is 1.42. The quantitative estimate of drug-likeness (QED) is 0.946. The fourth-order valence-corrected chi connectivity index (χ4v) is 2.75. The lowest BCUT2D eigenvalue weighted by molar-refractivity contribution is 0.0707. The van der Waals surface area contributed by atoms with Crippen LogP contribution in [0.1, 0.15) is 23.3 Å². The number of benzene rings is 1. The Bertz CT molecular complexity index is 644. The summed E-state index contributed by atoms with van der Waals surface area (Å²) in [6, 6.07) is 8.42. The molecule has 0 saturated carbocycles. The molecule has 0 aliphatic carbocycles. The van der Waals surface area contributed by atoms with E-state index < -0.39 is 0 Å². The van der Waals surface area contributed by atoms with Gasteiger partial charge in [0.05, 0.1) is 0 Å². The van der Waals surface area contributed by atoms with Gasteiger partial charge in [0, 0.05) is 38.1 Å². The van der Waals surface area contributed by atoms with E-state index in [1.807, 2.05) is 4.90 Å². The first-order valence-corrected chi connectivity index (χ1v) is 7.43. The number of carbonyl (C=O) groups is 1. The van der Waals surface area contributed by atoms with E-state index in [2.05, 4.69) is 10.4 Å². The molecule has 5 nitrogen and oxygen atoms in total. The Balaban J connectivity index is 1.55. The number of anilines is 1. The summed E-state index contributed by atoms with van der Waals surface area (Å²) >= 11 is 0. The molecule has 1 fully saturated rings. The highest BCUT2D eigenvalue weighted by atomic mass is 19.1.